The molecule has 174 valence electrons. The molecule has 0 unspecified atom stereocenters. The van der Waals surface area contributed by atoms with Crippen molar-refractivity contribution in [2.45, 2.75) is 0 Å². The Hall–Kier alpha value is -3.16. The lowest BCUT2D eigenvalue weighted by molar-refractivity contribution is 0.490. The van der Waals surface area contributed by atoms with E-state index >= 15 is 0 Å². The summed E-state index contributed by atoms with van der Waals surface area (Å²) in [5.74, 6) is 1.56. The van der Waals surface area contributed by atoms with Gasteiger partial charge < -0.3 is 4.74 Å². The Bertz CT molecular complexity index is 1650. The lowest BCUT2D eigenvalue weighted by atomic mass is 10.0. The van der Waals surface area contributed by atoms with Crippen molar-refractivity contribution in [2.24, 2.45) is 0 Å². The van der Waals surface area contributed by atoms with Crippen LogP contribution in [0.4, 0.5) is 0 Å². The Balaban J connectivity index is 1.58. The smallest absolute Gasteiger partial charge is 0.150 e. The Labute approximate surface area is 225 Å². The average molecular weight is 568 g/mol. The highest BCUT2D eigenvalue weighted by Crippen LogP contribution is 2.45. The number of fused-ring (bicyclic) bond motifs is 3. The lowest BCUT2D eigenvalue weighted by Crippen LogP contribution is -2.21. The second-order valence-electron chi connectivity index (χ2n) is 8.45. The monoisotopic (exact) mass is 566 g/mol. The molecular formula is C32H21BrClOP. The number of hydrogen-bond donors (Lipinski definition) is 0. The SMILES string of the molecule is Clc1ccc(P(c2ccccc2)c2ccccc2)c(Oc2c(Br)c3ccccc3c3ccccc23)c1. The zero-order chi connectivity index (χ0) is 24.5. The highest BCUT2D eigenvalue weighted by molar-refractivity contribution is 9.10. The third kappa shape index (κ3) is 4.31. The summed E-state index contributed by atoms with van der Waals surface area (Å²) in [6, 6.07) is 44.1. The van der Waals surface area contributed by atoms with Crippen LogP contribution < -0.4 is 20.7 Å². The van der Waals surface area contributed by atoms with Gasteiger partial charge in [0.05, 0.1) is 4.47 Å². The van der Waals surface area contributed by atoms with Crippen molar-refractivity contribution >= 4 is 72.9 Å². The molecule has 0 radical (unpaired) electrons. The van der Waals surface area contributed by atoms with Crippen molar-refractivity contribution in [3.8, 4) is 11.5 Å². The van der Waals surface area contributed by atoms with Crippen LogP contribution in [0.2, 0.25) is 5.02 Å². The third-order valence-corrected chi connectivity index (χ3v) is 9.73. The molecule has 6 rings (SSSR count). The molecule has 0 atom stereocenters. The normalized spacial score (nSPS) is 11.3. The van der Waals surface area contributed by atoms with Gasteiger partial charge >= 0.3 is 0 Å². The Morgan fingerprint density at radius 2 is 1.06 bits per heavy atom. The molecule has 0 aliphatic rings. The van der Waals surface area contributed by atoms with Crippen molar-refractivity contribution in [3.63, 3.8) is 0 Å². The Morgan fingerprint density at radius 3 is 1.67 bits per heavy atom. The summed E-state index contributed by atoms with van der Waals surface area (Å²) in [4.78, 5) is 0. The summed E-state index contributed by atoms with van der Waals surface area (Å²) in [6.07, 6.45) is 0. The van der Waals surface area contributed by atoms with Crippen molar-refractivity contribution < 1.29 is 4.74 Å². The fourth-order valence-corrected chi connectivity index (χ4v) is 7.76. The molecule has 0 N–H and O–H groups in total. The summed E-state index contributed by atoms with van der Waals surface area (Å²) in [5.41, 5.74) is 0. The molecule has 0 aliphatic carbocycles. The predicted octanol–water partition coefficient (Wildman–Crippen LogP) is 8.96. The van der Waals surface area contributed by atoms with E-state index in [1.165, 1.54) is 16.0 Å². The van der Waals surface area contributed by atoms with Gasteiger partial charge in [0.2, 0.25) is 0 Å². The Kier molecular flexibility index (Phi) is 6.50. The van der Waals surface area contributed by atoms with Gasteiger partial charge in [-0.25, -0.2) is 0 Å². The first-order valence-corrected chi connectivity index (χ1v) is 14.2. The average Bonchev–Trinajstić information content (AvgIpc) is 2.93. The fraction of sp³-hybridized carbons (Fsp3) is 0. The van der Waals surface area contributed by atoms with Crippen LogP contribution in [-0.2, 0) is 0 Å². The molecule has 6 aromatic carbocycles. The molecule has 0 aliphatic heterocycles. The van der Waals surface area contributed by atoms with E-state index in [9.17, 15) is 0 Å². The van der Waals surface area contributed by atoms with Gasteiger partial charge in [-0.2, -0.15) is 0 Å². The van der Waals surface area contributed by atoms with Crippen LogP contribution in [-0.4, -0.2) is 0 Å². The molecule has 0 heterocycles. The standard InChI is InChI=1S/C32H21BrClOP/c33-31-27-17-9-7-15-25(27)26-16-8-10-18-28(26)32(31)35-29-21-22(34)19-20-30(29)36(23-11-3-1-4-12-23)24-13-5-2-6-14-24/h1-21H. The second-order valence-corrected chi connectivity index (χ2v) is 11.9. The fourth-order valence-electron chi connectivity index (χ4n) is 4.61. The van der Waals surface area contributed by atoms with Gasteiger partial charge in [0, 0.05) is 27.2 Å². The van der Waals surface area contributed by atoms with E-state index in [0.717, 1.165) is 37.4 Å². The van der Waals surface area contributed by atoms with Gasteiger partial charge in [0.25, 0.3) is 0 Å². The number of hydrogen-bond acceptors (Lipinski definition) is 1. The quantitative estimate of drug-likeness (QED) is 0.149. The van der Waals surface area contributed by atoms with E-state index in [1.807, 2.05) is 12.1 Å². The molecule has 0 aromatic heterocycles. The van der Waals surface area contributed by atoms with Gasteiger partial charge in [-0.05, 0) is 57.4 Å². The van der Waals surface area contributed by atoms with Crippen LogP contribution in [0.5, 0.6) is 11.5 Å². The van der Waals surface area contributed by atoms with E-state index in [0.29, 0.717) is 5.02 Å². The first-order valence-electron chi connectivity index (χ1n) is 11.7. The first-order chi connectivity index (χ1) is 17.7. The van der Waals surface area contributed by atoms with E-state index < -0.39 is 7.92 Å². The maximum absolute atomic E-state index is 6.85. The van der Waals surface area contributed by atoms with E-state index in [-0.39, 0.29) is 0 Å². The van der Waals surface area contributed by atoms with Crippen LogP contribution in [0.1, 0.15) is 0 Å². The van der Waals surface area contributed by atoms with Crippen molar-refractivity contribution in [3.05, 3.63) is 137 Å². The van der Waals surface area contributed by atoms with E-state index in [4.69, 9.17) is 16.3 Å². The van der Waals surface area contributed by atoms with Gasteiger partial charge in [0.15, 0.2) is 0 Å². The number of halogens is 2. The van der Waals surface area contributed by atoms with Crippen molar-refractivity contribution in [1.82, 2.24) is 0 Å². The van der Waals surface area contributed by atoms with Gasteiger partial charge in [-0.3, -0.25) is 0 Å². The largest absolute Gasteiger partial charge is 0.455 e. The van der Waals surface area contributed by atoms with Crippen LogP contribution in [0, 0.1) is 0 Å². The molecule has 0 spiro atoms. The minimum Gasteiger partial charge on any atom is -0.455 e. The minimum atomic E-state index is -0.862. The maximum atomic E-state index is 6.85. The second kappa shape index (κ2) is 10.1. The topological polar surface area (TPSA) is 9.23 Å². The molecule has 0 bridgehead atoms. The van der Waals surface area contributed by atoms with Crippen LogP contribution in [0.15, 0.2) is 132 Å². The summed E-state index contributed by atoms with van der Waals surface area (Å²) < 4.78 is 7.79. The molecule has 0 saturated heterocycles. The minimum absolute atomic E-state index is 0.644. The zero-order valence-corrected chi connectivity index (χ0v) is 22.5. The van der Waals surface area contributed by atoms with Crippen LogP contribution in [0.25, 0.3) is 21.5 Å². The number of rotatable bonds is 5. The Morgan fingerprint density at radius 1 is 0.556 bits per heavy atom. The number of ether oxygens (including phenoxy) is 1. The van der Waals surface area contributed by atoms with Crippen molar-refractivity contribution in [2.75, 3.05) is 0 Å². The summed E-state index contributed by atoms with van der Waals surface area (Å²) in [7, 11) is -0.862. The molecule has 0 saturated carbocycles. The van der Waals surface area contributed by atoms with Gasteiger partial charge in [-0.1, -0.05) is 121 Å². The molecular weight excluding hydrogens is 547 g/mol. The van der Waals surface area contributed by atoms with Crippen molar-refractivity contribution in [1.29, 1.82) is 0 Å². The van der Waals surface area contributed by atoms with Gasteiger partial charge in [0.1, 0.15) is 11.5 Å². The molecule has 0 fully saturated rings. The predicted molar refractivity (Wildman–Crippen MR) is 159 cm³/mol. The molecule has 4 heteroatoms. The highest BCUT2D eigenvalue weighted by atomic mass is 79.9. The van der Waals surface area contributed by atoms with E-state index in [2.05, 4.69) is 131 Å². The van der Waals surface area contributed by atoms with E-state index in [1.54, 1.807) is 0 Å². The third-order valence-electron chi connectivity index (χ3n) is 6.23. The molecule has 36 heavy (non-hydrogen) atoms. The summed E-state index contributed by atoms with van der Waals surface area (Å²) >= 11 is 10.4. The molecule has 6 aromatic rings. The highest BCUT2D eigenvalue weighted by Gasteiger charge is 2.23. The lowest BCUT2D eigenvalue weighted by Gasteiger charge is -2.23. The summed E-state index contributed by atoms with van der Waals surface area (Å²) in [6.45, 7) is 0. The van der Waals surface area contributed by atoms with Crippen LogP contribution in [0.3, 0.4) is 0 Å². The molecule has 0 amide bonds. The number of benzene rings is 6. The summed E-state index contributed by atoms with van der Waals surface area (Å²) in [5, 5.41) is 8.79. The van der Waals surface area contributed by atoms with Gasteiger partial charge in [-0.15, -0.1) is 0 Å². The first kappa shape index (κ1) is 23.3. The zero-order valence-electron chi connectivity index (χ0n) is 19.2. The maximum Gasteiger partial charge on any atom is 0.150 e. The van der Waals surface area contributed by atoms with Crippen LogP contribution >= 0.6 is 35.5 Å². The molecule has 1 nitrogen and oxygen atoms in total.